The highest BCUT2D eigenvalue weighted by molar-refractivity contribution is 6.30. The zero-order chi connectivity index (χ0) is 23.6. The Balaban J connectivity index is 1.71. The molecule has 0 aliphatic carbocycles. The largest absolute Gasteiger partial charge is 0.497 e. The molecule has 4 rings (SSSR count). The maximum Gasteiger partial charge on any atom is 0.453 e. The van der Waals surface area contributed by atoms with Crippen LogP contribution in [0.3, 0.4) is 0 Å². The molecule has 9 heteroatoms. The molecule has 0 amide bonds. The summed E-state index contributed by atoms with van der Waals surface area (Å²) >= 11 is 5.85. The fourth-order valence-corrected chi connectivity index (χ4v) is 3.18. The van der Waals surface area contributed by atoms with Gasteiger partial charge in [0, 0.05) is 17.2 Å². The number of fused-ring (bicyclic) bond motifs is 1. The predicted molar refractivity (Wildman–Crippen MR) is 116 cm³/mol. The van der Waals surface area contributed by atoms with E-state index in [1.807, 2.05) is 0 Å². The molecule has 0 atom stereocenters. The van der Waals surface area contributed by atoms with E-state index in [0.29, 0.717) is 10.8 Å². The molecule has 33 heavy (non-hydrogen) atoms. The Labute approximate surface area is 190 Å². The van der Waals surface area contributed by atoms with Gasteiger partial charge in [-0.05, 0) is 42.0 Å². The molecule has 0 fully saturated rings. The first-order valence-corrected chi connectivity index (χ1v) is 9.99. The number of halogens is 4. The number of ether oxygens (including phenoxy) is 3. The number of benzene rings is 3. The van der Waals surface area contributed by atoms with Crippen molar-refractivity contribution in [2.24, 2.45) is 0 Å². The van der Waals surface area contributed by atoms with Gasteiger partial charge in [-0.15, -0.1) is 0 Å². The summed E-state index contributed by atoms with van der Waals surface area (Å²) in [4.78, 5) is 12.9. The van der Waals surface area contributed by atoms with Crippen LogP contribution in [-0.4, -0.2) is 7.11 Å². The van der Waals surface area contributed by atoms with E-state index in [9.17, 15) is 18.0 Å². The molecule has 0 aliphatic heterocycles. The number of alkyl halides is 3. The average Bonchev–Trinajstić information content (AvgIpc) is 2.79. The molecule has 0 radical (unpaired) electrons. The molecule has 0 aliphatic rings. The van der Waals surface area contributed by atoms with Gasteiger partial charge in [-0.3, -0.25) is 4.79 Å². The minimum Gasteiger partial charge on any atom is -0.497 e. The van der Waals surface area contributed by atoms with Gasteiger partial charge in [-0.2, -0.15) is 13.2 Å². The van der Waals surface area contributed by atoms with Crippen LogP contribution in [0, 0.1) is 0 Å². The first-order valence-electron chi connectivity index (χ1n) is 9.62. The average molecular weight is 477 g/mol. The normalized spacial score (nSPS) is 11.4. The van der Waals surface area contributed by atoms with Crippen molar-refractivity contribution in [3.63, 3.8) is 0 Å². The van der Waals surface area contributed by atoms with Gasteiger partial charge in [0.2, 0.25) is 11.2 Å². The third-order valence-corrected chi connectivity index (χ3v) is 4.91. The second kappa shape index (κ2) is 9.07. The molecule has 170 valence electrons. The van der Waals surface area contributed by atoms with E-state index in [0.717, 1.165) is 5.56 Å². The molecule has 3 aromatic carbocycles. The van der Waals surface area contributed by atoms with Crippen LogP contribution in [0.15, 0.2) is 75.9 Å². The van der Waals surface area contributed by atoms with Crippen LogP contribution in [0.4, 0.5) is 13.2 Å². The summed E-state index contributed by atoms with van der Waals surface area (Å²) in [5.41, 5.74) is -0.437. The monoisotopic (exact) mass is 476 g/mol. The van der Waals surface area contributed by atoms with E-state index in [-0.39, 0.29) is 29.1 Å². The van der Waals surface area contributed by atoms with Gasteiger partial charge in [0.15, 0.2) is 0 Å². The minimum absolute atomic E-state index is 0.00517. The fourth-order valence-electron chi connectivity index (χ4n) is 3.06. The summed E-state index contributed by atoms with van der Waals surface area (Å²) in [5, 5.41) is 0.484. The fraction of sp³-hybridized carbons (Fsp3) is 0.125. The van der Waals surface area contributed by atoms with Crippen molar-refractivity contribution >= 4 is 22.6 Å². The quantitative estimate of drug-likeness (QED) is 0.305. The predicted octanol–water partition coefficient (Wildman–Crippen LogP) is 6.85. The van der Waals surface area contributed by atoms with E-state index >= 15 is 0 Å². The summed E-state index contributed by atoms with van der Waals surface area (Å²) in [6, 6.07) is 16.8. The van der Waals surface area contributed by atoms with Crippen LogP contribution in [0.25, 0.3) is 11.0 Å². The maximum atomic E-state index is 13.7. The molecule has 0 saturated carbocycles. The third kappa shape index (κ3) is 5.06. The Morgan fingerprint density at radius 3 is 2.36 bits per heavy atom. The van der Waals surface area contributed by atoms with Gasteiger partial charge in [-0.25, -0.2) is 0 Å². The molecule has 1 aromatic heterocycles. The van der Waals surface area contributed by atoms with Crippen LogP contribution < -0.4 is 19.6 Å². The Kier molecular flexibility index (Phi) is 6.20. The van der Waals surface area contributed by atoms with E-state index in [4.69, 9.17) is 30.2 Å². The molecule has 0 unspecified atom stereocenters. The van der Waals surface area contributed by atoms with Crippen molar-refractivity contribution in [1.29, 1.82) is 0 Å². The van der Waals surface area contributed by atoms with Crippen molar-refractivity contribution in [3.05, 3.63) is 93.3 Å². The third-order valence-electron chi connectivity index (χ3n) is 4.66. The van der Waals surface area contributed by atoms with Gasteiger partial charge in [0.1, 0.15) is 29.4 Å². The summed E-state index contributed by atoms with van der Waals surface area (Å²) in [6.07, 6.45) is -4.97. The molecule has 0 bridgehead atoms. The highest BCUT2D eigenvalue weighted by atomic mass is 35.5. The van der Waals surface area contributed by atoms with Crippen molar-refractivity contribution in [1.82, 2.24) is 0 Å². The number of rotatable bonds is 6. The second-order valence-corrected chi connectivity index (χ2v) is 7.38. The highest BCUT2D eigenvalue weighted by Crippen LogP contribution is 2.39. The smallest absolute Gasteiger partial charge is 0.453 e. The van der Waals surface area contributed by atoms with E-state index in [1.54, 1.807) is 30.3 Å². The molecule has 5 nitrogen and oxygen atoms in total. The molecular weight excluding hydrogens is 461 g/mol. The SMILES string of the molecule is COc1cccc(Oc2c(C(F)(F)F)oc3cc(OCc4ccc(Cl)cc4)ccc3c2=O)c1. The first kappa shape index (κ1) is 22.5. The Morgan fingerprint density at radius 2 is 1.67 bits per heavy atom. The van der Waals surface area contributed by atoms with Gasteiger partial charge in [-0.1, -0.05) is 29.8 Å². The molecule has 0 N–H and O–H groups in total. The summed E-state index contributed by atoms with van der Waals surface area (Å²) < 4.78 is 62.3. The van der Waals surface area contributed by atoms with Gasteiger partial charge < -0.3 is 18.6 Å². The van der Waals surface area contributed by atoms with Crippen LogP contribution in [0.1, 0.15) is 11.3 Å². The van der Waals surface area contributed by atoms with Crippen molar-refractivity contribution in [3.8, 4) is 23.0 Å². The highest BCUT2D eigenvalue weighted by Gasteiger charge is 2.40. The zero-order valence-corrected chi connectivity index (χ0v) is 17.9. The zero-order valence-electron chi connectivity index (χ0n) is 17.1. The lowest BCUT2D eigenvalue weighted by Gasteiger charge is -2.14. The number of hydrogen-bond acceptors (Lipinski definition) is 5. The maximum absolute atomic E-state index is 13.7. The molecule has 4 aromatic rings. The molecule has 0 spiro atoms. The summed E-state index contributed by atoms with van der Waals surface area (Å²) in [7, 11) is 1.40. The van der Waals surface area contributed by atoms with Crippen LogP contribution in [0.2, 0.25) is 5.02 Å². The van der Waals surface area contributed by atoms with Crippen LogP contribution >= 0.6 is 11.6 Å². The lowest BCUT2D eigenvalue weighted by molar-refractivity contribution is -0.154. The number of methoxy groups -OCH3 is 1. The Bertz CT molecular complexity index is 1350. The second-order valence-electron chi connectivity index (χ2n) is 6.94. The van der Waals surface area contributed by atoms with Gasteiger partial charge in [0.25, 0.3) is 5.76 Å². The van der Waals surface area contributed by atoms with Crippen LogP contribution in [-0.2, 0) is 12.8 Å². The molecule has 0 saturated heterocycles. The van der Waals surface area contributed by atoms with Crippen LogP contribution in [0.5, 0.6) is 23.0 Å². The summed E-state index contributed by atoms with van der Waals surface area (Å²) in [5.74, 6) is -1.92. The Morgan fingerprint density at radius 1 is 0.939 bits per heavy atom. The standard InChI is InChI=1S/C24H16ClF3O5/c1-30-16-3-2-4-18(11-16)32-22-21(29)19-10-9-17(12-20(19)33-23(22)24(26,27)28)31-13-14-5-7-15(25)8-6-14/h2-12H,13H2,1H3. The van der Waals surface area contributed by atoms with E-state index < -0.39 is 23.1 Å². The van der Waals surface area contributed by atoms with Crippen molar-refractivity contribution in [2.45, 2.75) is 12.8 Å². The van der Waals surface area contributed by atoms with Gasteiger partial charge in [0.05, 0.1) is 12.5 Å². The molecular formula is C24H16ClF3O5. The first-order chi connectivity index (χ1) is 15.7. The van der Waals surface area contributed by atoms with Gasteiger partial charge >= 0.3 is 6.18 Å². The minimum atomic E-state index is -4.97. The molecule has 1 heterocycles. The summed E-state index contributed by atoms with van der Waals surface area (Å²) in [6.45, 7) is 0.149. The lowest BCUT2D eigenvalue weighted by Crippen LogP contribution is -2.15. The van der Waals surface area contributed by atoms with Crippen molar-refractivity contribution in [2.75, 3.05) is 7.11 Å². The van der Waals surface area contributed by atoms with Crippen molar-refractivity contribution < 1.29 is 31.8 Å². The van der Waals surface area contributed by atoms with E-state index in [1.165, 1.54) is 43.5 Å². The lowest BCUT2D eigenvalue weighted by atomic mass is 10.2. The number of hydrogen-bond donors (Lipinski definition) is 0. The topological polar surface area (TPSA) is 57.9 Å². The van der Waals surface area contributed by atoms with E-state index in [2.05, 4.69) is 0 Å². The Hall–Kier alpha value is -3.65.